The Morgan fingerprint density at radius 3 is 3.00 bits per heavy atom. The second-order valence-corrected chi connectivity index (χ2v) is 8.75. The summed E-state index contributed by atoms with van der Waals surface area (Å²) in [6.07, 6.45) is -15.7. The summed E-state index contributed by atoms with van der Waals surface area (Å²) in [6.45, 7) is -1.96. The summed E-state index contributed by atoms with van der Waals surface area (Å²) in [4.78, 5) is 8.43. The molecule has 36 heavy (non-hydrogen) atoms. The van der Waals surface area contributed by atoms with Crippen LogP contribution in [-0.4, -0.2) is 83.4 Å². The minimum Gasteiger partial charge on any atom is -0.394 e. The number of benzene rings is 1. The van der Waals surface area contributed by atoms with Crippen LogP contribution >= 0.6 is 11.8 Å². The standard InChI is InChI=1S/C24H31FN6O4S/c1-3-8-36-24-27-22(26-16-10-14(16)13-5-4-12(2)15(25)9-13)19-23(28-24)31(30-29-19)17-11-18(35-7-6-32)21(34)20(17)33/h4-5,9,14,16-18,20-21,32-34H,3,6-8,10-11H2,1-2H3,(H,26,27,28)/t14-,16+,17+,18-,20-,21+/m0/s1/i4D,5D,6D2,8D2,9D,11D2,17D,18D,20D,21D. The van der Waals surface area contributed by atoms with E-state index in [-0.39, 0.29) is 51.2 Å². The van der Waals surface area contributed by atoms with Crippen molar-refractivity contribution in [2.75, 3.05) is 24.2 Å². The van der Waals surface area contributed by atoms with Gasteiger partial charge < -0.3 is 25.4 Å². The molecule has 3 aromatic rings. The number of nitrogens with zero attached hydrogens (tertiary/aromatic N) is 5. The van der Waals surface area contributed by atoms with Gasteiger partial charge in [0.1, 0.15) is 18.0 Å². The molecule has 0 bridgehead atoms. The van der Waals surface area contributed by atoms with Gasteiger partial charge in [0, 0.05) is 29.5 Å². The van der Waals surface area contributed by atoms with E-state index < -0.39 is 85.0 Å². The van der Waals surface area contributed by atoms with Crippen molar-refractivity contribution in [1.82, 2.24) is 25.0 Å². The number of fused-ring (bicyclic) bond motifs is 1. The van der Waals surface area contributed by atoms with Gasteiger partial charge in [0.05, 0.1) is 37.6 Å². The first kappa shape index (κ1) is 14.0. The fraction of sp³-hybridized carbons (Fsp3) is 0.583. The molecule has 0 saturated heterocycles. The summed E-state index contributed by atoms with van der Waals surface area (Å²) in [5.41, 5.74) is -3.23. The number of ether oxygens (including phenoxy) is 1. The van der Waals surface area contributed by atoms with Crippen LogP contribution in [0.15, 0.2) is 23.3 Å². The minimum atomic E-state index is -4.07. The van der Waals surface area contributed by atoms with Crippen molar-refractivity contribution in [2.45, 2.75) is 74.4 Å². The summed E-state index contributed by atoms with van der Waals surface area (Å²) in [5.74, 6) is -1.86. The number of hydrogen-bond donors (Lipinski definition) is 4. The van der Waals surface area contributed by atoms with Crippen molar-refractivity contribution in [1.29, 1.82) is 0 Å². The highest BCUT2D eigenvalue weighted by Crippen LogP contribution is 2.44. The van der Waals surface area contributed by atoms with E-state index in [0.717, 1.165) is 0 Å². The van der Waals surface area contributed by atoms with Gasteiger partial charge in [0.2, 0.25) is 0 Å². The maximum atomic E-state index is 14.7. The minimum absolute atomic E-state index is 0.0474. The second kappa shape index (κ2) is 10.5. The second-order valence-electron chi connectivity index (χ2n) is 7.90. The third-order valence-corrected chi connectivity index (χ3v) is 6.22. The van der Waals surface area contributed by atoms with Crippen molar-refractivity contribution in [2.24, 2.45) is 0 Å². The molecule has 0 spiro atoms. The zero-order valence-corrected chi connectivity index (χ0v) is 19.9. The average molecular weight is 532 g/mol. The molecule has 2 aromatic heterocycles. The molecule has 1 aromatic carbocycles. The van der Waals surface area contributed by atoms with Crippen LogP contribution < -0.4 is 5.32 Å². The Morgan fingerprint density at radius 2 is 2.22 bits per heavy atom. The first-order valence-electron chi connectivity index (χ1n) is 17.4. The quantitative estimate of drug-likeness (QED) is 0.227. The molecular weight excluding hydrogens is 487 g/mol. The third-order valence-electron chi connectivity index (χ3n) is 5.42. The monoisotopic (exact) mass is 531 g/mol. The molecule has 0 unspecified atom stereocenters. The lowest BCUT2D eigenvalue weighted by Gasteiger charge is -2.17. The largest absolute Gasteiger partial charge is 0.394 e. The molecule has 0 aliphatic heterocycles. The predicted octanol–water partition coefficient (Wildman–Crippen LogP) is 2.18. The Morgan fingerprint density at radius 1 is 1.39 bits per heavy atom. The highest BCUT2D eigenvalue weighted by atomic mass is 32.2. The van der Waals surface area contributed by atoms with Gasteiger partial charge in [-0.3, -0.25) is 0 Å². The molecule has 0 radical (unpaired) electrons. The van der Waals surface area contributed by atoms with Gasteiger partial charge in [-0.1, -0.05) is 36.0 Å². The van der Waals surface area contributed by atoms with Gasteiger partial charge in [0.15, 0.2) is 22.1 Å². The summed E-state index contributed by atoms with van der Waals surface area (Å²) in [7, 11) is 0. The van der Waals surface area contributed by atoms with Crippen LogP contribution in [-0.2, 0) is 4.74 Å². The highest BCUT2D eigenvalue weighted by molar-refractivity contribution is 7.99. The molecule has 4 N–H and O–H groups in total. The van der Waals surface area contributed by atoms with Crippen LogP contribution in [0.1, 0.15) is 67.0 Å². The first-order chi connectivity index (χ1) is 22.2. The Kier molecular flexibility index (Phi) is 4.09. The van der Waals surface area contributed by atoms with Gasteiger partial charge in [-0.15, -0.1) is 5.10 Å². The molecule has 12 heteroatoms. The topological polar surface area (TPSA) is 138 Å². The Balaban J connectivity index is 1.66. The molecule has 10 nitrogen and oxygen atoms in total. The van der Waals surface area contributed by atoms with Crippen molar-refractivity contribution in [3.8, 4) is 0 Å². The van der Waals surface area contributed by atoms with Crippen LogP contribution in [0.2, 0.25) is 0 Å². The van der Waals surface area contributed by atoms with Gasteiger partial charge in [-0.05, 0) is 36.9 Å². The van der Waals surface area contributed by atoms with Gasteiger partial charge in [-0.25, -0.2) is 19.0 Å². The van der Waals surface area contributed by atoms with E-state index in [1.807, 2.05) is 0 Å². The third kappa shape index (κ3) is 4.92. The van der Waals surface area contributed by atoms with Gasteiger partial charge >= 0.3 is 0 Å². The molecule has 2 saturated carbocycles. The van der Waals surface area contributed by atoms with Crippen molar-refractivity contribution < 1.29 is 42.3 Å². The Labute approximate surface area is 230 Å². The highest BCUT2D eigenvalue weighted by Gasteiger charge is 2.45. The van der Waals surface area contributed by atoms with Gasteiger partial charge in [-0.2, -0.15) is 0 Å². The van der Waals surface area contributed by atoms with E-state index in [0.29, 0.717) is 11.8 Å². The molecule has 194 valence electrons. The molecule has 0 amide bonds. The summed E-state index contributed by atoms with van der Waals surface area (Å²) >= 11 is 0.480. The lowest BCUT2D eigenvalue weighted by Crippen LogP contribution is -2.33. The molecule has 2 aliphatic rings. The van der Waals surface area contributed by atoms with Crippen LogP contribution in [0.4, 0.5) is 10.2 Å². The number of thioether (sulfide) groups is 1. The van der Waals surface area contributed by atoms with Crippen LogP contribution in [0, 0.1) is 12.7 Å². The van der Waals surface area contributed by atoms with Crippen LogP contribution in [0.5, 0.6) is 0 Å². The van der Waals surface area contributed by atoms with E-state index in [1.54, 1.807) is 0 Å². The van der Waals surface area contributed by atoms with E-state index in [2.05, 4.69) is 25.6 Å². The number of hydrogen-bond acceptors (Lipinski definition) is 10. The maximum Gasteiger partial charge on any atom is 0.191 e. The maximum absolute atomic E-state index is 14.7. The molecule has 5 rings (SSSR count). The summed E-state index contributed by atoms with van der Waals surface area (Å²) in [5, 5.41) is 41.8. The van der Waals surface area contributed by atoms with E-state index in [4.69, 9.17) is 22.6 Å². The number of anilines is 1. The molecule has 2 fully saturated rings. The molecule has 6 atom stereocenters. The first-order valence-corrected chi connectivity index (χ1v) is 11.7. The SMILES string of the molecule is [2H]c1c([2H])c([C@@H]2C[C@H]2Nc2nc(SC([2H])([2H])CC)nc3c2nnn3[C@]2([2H])C([2H])([2H])[C@]([2H])(OCC([2H])([2H])O)[C@@]([2H])(O)[C@@]2([2H])O)c([2H])c(F)c1C. The van der Waals surface area contributed by atoms with E-state index in [9.17, 15) is 19.7 Å². The zero-order chi connectivity index (χ0) is 37.1. The number of halogens is 1. The van der Waals surface area contributed by atoms with Crippen molar-refractivity contribution >= 4 is 28.7 Å². The summed E-state index contributed by atoms with van der Waals surface area (Å²) in [6, 6.07) is -5.71. The number of nitrogens with one attached hydrogen (secondary N) is 1. The Hall–Kier alpha value is -2.38. The van der Waals surface area contributed by atoms with Crippen LogP contribution in [0.25, 0.3) is 11.2 Å². The van der Waals surface area contributed by atoms with Crippen LogP contribution in [0.3, 0.4) is 0 Å². The van der Waals surface area contributed by atoms with Crippen molar-refractivity contribution in [3.05, 3.63) is 35.1 Å². The average Bonchev–Trinajstić information content (AvgIpc) is 3.59. The lowest BCUT2D eigenvalue weighted by atomic mass is 10.1. The molecular formula is C24H31FN6O4S. The predicted molar refractivity (Wildman–Crippen MR) is 133 cm³/mol. The lowest BCUT2D eigenvalue weighted by molar-refractivity contribution is -0.0629. The number of aliphatic hydroxyl groups is 3. The molecule has 2 aliphatic carbocycles. The van der Waals surface area contributed by atoms with Gasteiger partial charge in [0.25, 0.3) is 0 Å². The fourth-order valence-corrected chi connectivity index (χ4v) is 4.07. The van der Waals surface area contributed by atoms with E-state index >= 15 is 0 Å². The summed E-state index contributed by atoms with van der Waals surface area (Å²) < 4.78 is 127. The number of aromatic nitrogens is 5. The number of rotatable bonds is 10. The fourth-order valence-electron chi connectivity index (χ4n) is 3.53. The zero-order valence-electron chi connectivity index (χ0n) is 32.0. The van der Waals surface area contributed by atoms with E-state index in [1.165, 1.54) is 13.8 Å². The smallest absolute Gasteiger partial charge is 0.191 e. The normalized spacial score (nSPS) is 43.2. The Bertz CT molecular complexity index is 1800. The molecule has 2 heterocycles. The van der Waals surface area contributed by atoms with Crippen molar-refractivity contribution in [3.63, 3.8) is 0 Å².